The first kappa shape index (κ1) is 30.9. The lowest BCUT2D eigenvalue weighted by Gasteiger charge is -2.33. The maximum atomic E-state index is 13.4. The SMILES string of the molecule is CNc1ccc(C(F)(F)C(F)(F)C(F)(F)C(F)(F)F)cc1.N=Cc1ccc(Nc2ncccc2C=O)cc1N. The molecule has 0 radical (unpaired) electrons. The minimum atomic E-state index is -6.88. The van der Waals surface area contributed by atoms with E-state index >= 15 is 0 Å². The van der Waals surface area contributed by atoms with E-state index in [4.69, 9.17) is 11.1 Å². The number of nitrogen functional groups attached to an aromatic ring is 1. The summed E-state index contributed by atoms with van der Waals surface area (Å²) in [5.74, 6) is -18.8. The number of alkyl halides is 9. The first-order chi connectivity index (χ1) is 18.0. The fraction of sp³-hybridized carbons (Fsp3) is 0.208. The number of pyridine rings is 1. The minimum absolute atomic E-state index is 0.181. The van der Waals surface area contributed by atoms with Crippen molar-refractivity contribution in [2.45, 2.75) is 23.9 Å². The summed E-state index contributed by atoms with van der Waals surface area (Å²) in [5.41, 5.74) is 6.65. The van der Waals surface area contributed by atoms with Crippen LogP contribution < -0.4 is 16.4 Å². The number of hydrogen-bond donors (Lipinski definition) is 4. The van der Waals surface area contributed by atoms with Crippen LogP contribution in [0.1, 0.15) is 21.5 Å². The number of aldehydes is 1. The Morgan fingerprint density at radius 2 is 1.44 bits per heavy atom. The zero-order valence-electron chi connectivity index (χ0n) is 19.8. The van der Waals surface area contributed by atoms with Crippen molar-refractivity contribution in [2.75, 3.05) is 23.4 Å². The van der Waals surface area contributed by atoms with Crippen molar-refractivity contribution in [2.24, 2.45) is 0 Å². The van der Waals surface area contributed by atoms with Crippen LogP contribution in [0.2, 0.25) is 0 Å². The highest BCUT2D eigenvalue weighted by Crippen LogP contribution is 2.56. The van der Waals surface area contributed by atoms with Gasteiger partial charge in [-0.05, 0) is 42.5 Å². The van der Waals surface area contributed by atoms with E-state index in [1.54, 1.807) is 36.5 Å². The van der Waals surface area contributed by atoms with Crippen LogP contribution in [-0.2, 0) is 5.92 Å². The van der Waals surface area contributed by atoms with Crippen molar-refractivity contribution in [3.8, 4) is 0 Å². The van der Waals surface area contributed by atoms with Gasteiger partial charge >= 0.3 is 23.9 Å². The molecule has 6 nitrogen and oxygen atoms in total. The number of anilines is 4. The lowest BCUT2D eigenvalue weighted by Crippen LogP contribution is -2.59. The fourth-order valence-corrected chi connectivity index (χ4v) is 2.94. The number of carbonyl (C=O) groups excluding carboxylic acids is 1. The number of nitrogens with one attached hydrogen (secondary N) is 3. The lowest BCUT2D eigenvalue weighted by atomic mass is 9.96. The van der Waals surface area contributed by atoms with E-state index in [0.717, 1.165) is 24.1 Å². The summed E-state index contributed by atoms with van der Waals surface area (Å²) in [7, 11) is 1.36. The number of aromatic nitrogens is 1. The first-order valence-electron chi connectivity index (χ1n) is 10.6. The molecule has 0 saturated heterocycles. The van der Waals surface area contributed by atoms with Crippen molar-refractivity contribution < 1.29 is 44.3 Å². The van der Waals surface area contributed by atoms with Gasteiger partial charge in [-0.1, -0.05) is 12.1 Å². The van der Waals surface area contributed by atoms with Gasteiger partial charge in [-0.25, -0.2) is 4.98 Å². The van der Waals surface area contributed by atoms with Crippen LogP contribution in [0.4, 0.5) is 62.4 Å². The number of carbonyl (C=O) groups is 1. The van der Waals surface area contributed by atoms with E-state index < -0.39 is 29.5 Å². The Morgan fingerprint density at radius 3 is 1.92 bits per heavy atom. The average molecular weight is 565 g/mol. The number of hydrogen-bond acceptors (Lipinski definition) is 6. The molecular formula is C24H20F9N5O. The Hall–Kier alpha value is -4.30. The number of halogens is 9. The van der Waals surface area contributed by atoms with Gasteiger partial charge in [-0.3, -0.25) is 4.79 Å². The summed E-state index contributed by atoms with van der Waals surface area (Å²) < 4.78 is 114. The zero-order valence-corrected chi connectivity index (χ0v) is 19.8. The summed E-state index contributed by atoms with van der Waals surface area (Å²) >= 11 is 0. The molecule has 0 spiro atoms. The lowest BCUT2D eigenvalue weighted by molar-refractivity contribution is -0.399. The standard InChI is InChI=1S/C13H12N4O.C11H8F9N/c14-7-9-3-4-11(6-12(9)15)17-13-10(8-18)2-1-5-16-13;1-21-7-4-2-6(3-5-7)8(12,13)9(14,15)10(16,17)11(18,19)20/h1-8,14H,15H2,(H,16,17);2-5,21H,1H3. The molecule has 0 amide bonds. The Morgan fingerprint density at radius 1 is 0.846 bits per heavy atom. The van der Waals surface area contributed by atoms with Crippen LogP contribution in [0.5, 0.6) is 0 Å². The minimum Gasteiger partial charge on any atom is -0.398 e. The molecule has 2 aromatic carbocycles. The maximum Gasteiger partial charge on any atom is 0.460 e. The first-order valence-corrected chi connectivity index (χ1v) is 10.6. The molecule has 39 heavy (non-hydrogen) atoms. The van der Waals surface area contributed by atoms with E-state index in [1.165, 1.54) is 13.3 Å². The molecule has 1 aromatic heterocycles. The number of rotatable bonds is 8. The normalized spacial score (nSPS) is 12.2. The van der Waals surface area contributed by atoms with E-state index in [9.17, 15) is 44.3 Å². The topological polar surface area (TPSA) is 104 Å². The Kier molecular flexibility index (Phi) is 9.21. The highest BCUT2D eigenvalue weighted by Gasteiger charge is 2.82. The van der Waals surface area contributed by atoms with Gasteiger partial charge in [-0.2, -0.15) is 39.5 Å². The van der Waals surface area contributed by atoms with Gasteiger partial charge in [0.2, 0.25) is 0 Å². The summed E-state index contributed by atoms with van der Waals surface area (Å²) in [6.45, 7) is 0. The van der Waals surface area contributed by atoms with E-state index in [0.29, 0.717) is 34.8 Å². The monoisotopic (exact) mass is 565 g/mol. The predicted octanol–water partition coefficient (Wildman–Crippen LogP) is 6.87. The maximum absolute atomic E-state index is 13.4. The van der Waals surface area contributed by atoms with Crippen molar-refractivity contribution in [3.05, 3.63) is 77.5 Å². The molecule has 5 N–H and O–H groups in total. The van der Waals surface area contributed by atoms with Gasteiger partial charge in [0, 0.05) is 47.6 Å². The van der Waals surface area contributed by atoms with Gasteiger partial charge in [0.1, 0.15) is 5.82 Å². The van der Waals surface area contributed by atoms with Crippen LogP contribution >= 0.6 is 0 Å². The predicted molar refractivity (Wildman–Crippen MR) is 127 cm³/mol. The third kappa shape index (κ3) is 6.41. The summed E-state index contributed by atoms with van der Waals surface area (Å²) in [6, 6.07) is 10.9. The highest BCUT2D eigenvalue weighted by atomic mass is 19.4. The van der Waals surface area contributed by atoms with Gasteiger partial charge in [-0.15, -0.1) is 0 Å². The molecule has 0 fully saturated rings. The van der Waals surface area contributed by atoms with Gasteiger partial charge in [0.15, 0.2) is 6.29 Å². The molecule has 0 aliphatic carbocycles. The number of benzene rings is 2. The van der Waals surface area contributed by atoms with Crippen LogP contribution in [0.25, 0.3) is 0 Å². The third-order valence-electron chi connectivity index (χ3n) is 5.15. The molecule has 0 atom stereocenters. The largest absolute Gasteiger partial charge is 0.460 e. The summed E-state index contributed by atoms with van der Waals surface area (Å²) in [6.07, 6.45) is -3.28. The molecule has 0 aliphatic rings. The molecule has 3 rings (SSSR count). The molecule has 0 aliphatic heterocycles. The highest BCUT2D eigenvalue weighted by molar-refractivity contribution is 5.88. The Labute approximate surface area is 215 Å². The van der Waals surface area contributed by atoms with Crippen LogP contribution in [0, 0.1) is 5.41 Å². The molecule has 0 saturated carbocycles. The van der Waals surface area contributed by atoms with Gasteiger partial charge < -0.3 is 21.8 Å². The van der Waals surface area contributed by atoms with Crippen LogP contribution in [0.15, 0.2) is 60.8 Å². The molecule has 0 unspecified atom stereocenters. The average Bonchev–Trinajstić information content (AvgIpc) is 2.88. The second-order valence-corrected chi connectivity index (χ2v) is 7.72. The van der Waals surface area contributed by atoms with Crippen molar-refractivity contribution >= 4 is 35.4 Å². The molecule has 0 bridgehead atoms. The molecule has 210 valence electrons. The van der Waals surface area contributed by atoms with E-state index in [1.807, 2.05) is 0 Å². The fourth-order valence-electron chi connectivity index (χ4n) is 2.94. The van der Waals surface area contributed by atoms with Gasteiger partial charge in [0.25, 0.3) is 0 Å². The second kappa shape index (κ2) is 11.6. The van der Waals surface area contributed by atoms with E-state index in [2.05, 4.69) is 15.6 Å². The molecular weight excluding hydrogens is 545 g/mol. The Balaban J connectivity index is 0.000000276. The van der Waals surface area contributed by atoms with Crippen LogP contribution in [0.3, 0.4) is 0 Å². The molecule has 1 heterocycles. The summed E-state index contributed by atoms with van der Waals surface area (Å²) in [4.78, 5) is 14.9. The molecule has 15 heteroatoms. The quantitative estimate of drug-likeness (QED) is 0.103. The number of nitrogens with zero attached hydrogens (tertiary/aromatic N) is 1. The van der Waals surface area contributed by atoms with Gasteiger partial charge in [0.05, 0.1) is 5.56 Å². The second-order valence-electron chi connectivity index (χ2n) is 7.72. The molecule has 3 aromatic rings. The zero-order chi connectivity index (χ0) is 29.6. The number of nitrogens with two attached hydrogens (primary N) is 1. The summed E-state index contributed by atoms with van der Waals surface area (Å²) in [5, 5.41) is 12.6. The third-order valence-corrected chi connectivity index (χ3v) is 5.15. The van der Waals surface area contributed by atoms with Crippen LogP contribution in [-0.4, -0.2) is 42.6 Å². The Bertz CT molecular complexity index is 1300. The van der Waals surface area contributed by atoms with Crippen molar-refractivity contribution in [3.63, 3.8) is 0 Å². The van der Waals surface area contributed by atoms with E-state index in [-0.39, 0.29) is 5.69 Å². The van der Waals surface area contributed by atoms with Crippen molar-refractivity contribution in [1.82, 2.24) is 4.98 Å². The smallest absolute Gasteiger partial charge is 0.398 e. The van der Waals surface area contributed by atoms with Crippen molar-refractivity contribution in [1.29, 1.82) is 5.41 Å².